The minimum atomic E-state index is 0.849. The van der Waals surface area contributed by atoms with Crippen LogP contribution in [0.15, 0.2) is 30.6 Å². The average Bonchev–Trinajstić information content (AvgIpc) is 2.29. The molecule has 0 saturated heterocycles. The van der Waals surface area contributed by atoms with E-state index in [1.54, 1.807) is 6.20 Å². The number of aromatic nitrogens is 3. The summed E-state index contributed by atoms with van der Waals surface area (Å²) in [5.74, 6) is 0.851. The van der Waals surface area contributed by atoms with Crippen LogP contribution in [0.25, 0.3) is 11.3 Å². The second-order valence-electron chi connectivity index (χ2n) is 3.92. The fourth-order valence-electron chi connectivity index (χ4n) is 1.41. The van der Waals surface area contributed by atoms with E-state index in [2.05, 4.69) is 15.2 Å². The molecule has 16 heavy (non-hydrogen) atoms. The first kappa shape index (κ1) is 10.5. The molecule has 0 unspecified atom stereocenters. The van der Waals surface area contributed by atoms with Gasteiger partial charge in [-0.1, -0.05) is 0 Å². The van der Waals surface area contributed by atoms with E-state index in [0.29, 0.717) is 0 Å². The lowest BCUT2D eigenvalue weighted by molar-refractivity contribution is 0.968. The van der Waals surface area contributed by atoms with Crippen LogP contribution < -0.4 is 4.90 Å². The van der Waals surface area contributed by atoms with Crippen molar-refractivity contribution in [2.45, 2.75) is 6.92 Å². The Hall–Kier alpha value is -1.97. The van der Waals surface area contributed by atoms with Gasteiger partial charge in [-0.25, -0.2) is 0 Å². The van der Waals surface area contributed by atoms with Gasteiger partial charge in [0, 0.05) is 32.1 Å². The highest BCUT2D eigenvalue weighted by Gasteiger charge is 2.02. The maximum atomic E-state index is 4.18. The van der Waals surface area contributed by atoms with E-state index in [0.717, 1.165) is 22.6 Å². The van der Waals surface area contributed by atoms with Crippen molar-refractivity contribution >= 4 is 5.82 Å². The van der Waals surface area contributed by atoms with E-state index in [9.17, 15) is 0 Å². The van der Waals surface area contributed by atoms with Gasteiger partial charge in [-0.3, -0.25) is 4.98 Å². The van der Waals surface area contributed by atoms with Gasteiger partial charge in [-0.2, -0.15) is 0 Å². The first-order chi connectivity index (χ1) is 7.66. The van der Waals surface area contributed by atoms with Crippen LogP contribution in [0, 0.1) is 6.92 Å². The highest BCUT2D eigenvalue weighted by Crippen LogP contribution is 2.17. The van der Waals surface area contributed by atoms with E-state index in [1.165, 1.54) is 0 Å². The molecule has 4 heteroatoms. The first-order valence-corrected chi connectivity index (χ1v) is 5.10. The quantitative estimate of drug-likeness (QED) is 0.765. The van der Waals surface area contributed by atoms with Gasteiger partial charge in [0.2, 0.25) is 0 Å². The minimum absolute atomic E-state index is 0.849. The number of aryl methyl sites for hydroxylation is 1. The number of hydrogen-bond acceptors (Lipinski definition) is 4. The molecule has 0 radical (unpaired) electrons. The van der Waals surface area contributed by atoms with E-state index >= 15 is 0 Å². The van der Waals surface area contributed by atoms with Crippen molar-refractivity contribution in [1.29, 1.82) is 0 Å². The van der Waals surface area contributed by atoms with E-state index in [-0.39, 0.29) is 0 Å². The van der Waals surface area contributed by atoms with Crippen LogP contribution in [0.3, 0.4) is 0 Å². The van der Waals surface area contributed by atoms with Crippen LogP contribution in [-0.2, 0) is 0 Å². The molecule has 0 atom stereocenters. The van der Waals surface area contributed by atoms with E-state index in [4.69, 9.17) is 0 Å². The van der Waals surface area contributed by atoms with Gasteiger partial charge in [0.25, 0.3) is 0 Å². The molecule has 0 spiro atoms. The van der Waals surface area contributed by atoms with Crippen molar-refractivity contribution in [3.63, 3.8) is 0 Å². The van der Waals surface area contributed by atoms with Gasteiger partial charge in [-0.05, 0) is 30.7 Å². The molecule has 2 aromatic rings. The molecule has 0 aliphatic carbocycles. The van der Waals surface area contributed by atoms with Crippen LogP contribution >= 0.6 is 0 Å². The highest BCUT2D eigenvalue weighted by molar-refractivity contribution is 5.59. The summed E-state index contributed by atoms with van der Waals surface area (Å²) in [6.45, 7) is 2.01. The third kappa shape index (κ3) is 2.16. The summed E-state index contributed by atoms with van der Waals surface area (Å²) >= 11 is 0. The molecule has 82 valence electrons. The Morgan fingerprint density at radius 1 is 1.06 bits per heavy atom. The third-order valence-electron chi connectivity index (χ3n) is 2.28. The molecule has 0 aliphatic rings. The zero-order valence-corrected chi connectivity index (χ0v) is 9.68. The molecule has 2 rings (SSSR count). The minimum Gasteiger partial charge on any atom is -0.361 e. The molecule has 2 aromatic heterocycles. The molecule has 0 N–H and O–H groups in total. The van der Waals surface area contributed by atoms with Crippen LogP contribution in [0.5, 0.6) is 0 Å². The molecule has 0 aromatic carbocycles. The first-order valence-electron chi connectivity index (χ1n) is 5.10. The number of hydrogen-bond donors (Lipinski definition) is 0. The second-order valence-corrected chi connectivity index (χ2v) is 3.92. The van der Waals surface area contributed by atoms with Crippen molar-refractivity contribution in [3.8, 4) is 11.3 Å². The average molecular weight is 214 g/mol. The van der Waals surface area contributed by atoms with Gasteiger partial charge in [0.1, 0.15) is 0 Å². The van der Waals surface area contributed by atoms with Gasteiger partial charge in [0.15, 0.2) is 5.82 Å². The summed E-state index contributed by atoms with van der Waals surface area (Å²) in [4.78, 5) is 6.06. The normalized spacial score (nSPS) is 10.2. The SMILES string of the molecule is Cc1cncc(-c2ccc(N(C)C)nn2)c1. The number of rotatable bonds is 2. The van der Waals surface area contributed by atoms with Crippen molar-refractivity contribution in [3.05, 3.63) is 36.2 Å². The number of nitrogens with zero attached hydrogens (tertiary/aromatic N) is 4. The summed E-state index contributed by atoms with van der Waals surface area (Å²) < 4.78 is 0. The van der Waals surface area contributed by atoms with Crippen molar-refractivity contribution in [2.75, 3.05) is 19.0 Å². The molecular weight excluding hydrogens is 200 g/mol. The molecule has 4 nitrogen and oxygen atoms in total. The number of anilines is 1. The lowest BCUT2D eigenvalue weighted by atomic mass is 10.1. The van der Waals surface area contributed by atoms with Gasteiger partial charge < -0.3 is 4.90 Å². The molecule has 0 bridgehead atoms. The van der Waals surface area contributed by atoms with Crippen LogP contribution in [-0.4, -0.2) is 29.3 Å². The fraction of sp³-hybridized carbons (Fsp3) is 0.250. The topological polar surface area (TPSA) is 41.9 Å². The molecule has 0 aliphatic heterocycles. The number of pyridine rings is 1. The van der Waals surface area contributed by atoms with Crippen molar-refractivity contribution in [2.24, 2.45) is 0 Å². The van der Waals surface area contributed by atoms with E-state index < -0.39 is 0 Å². The Labute approximate surface area is 95.0 Å². The smallest absolute Gasteiger partial charge is 0.150 e. The Bertz CT molecular complexity index is 477. The van der Waals surface area contributed by atoms with Gasteiger partial charge >= 0.3 is 0 Å². The Kier molecular flexibility index (Phi) is 2.81. The largest absolute Gasteiger partial charge is 0.361 e. The highest BCUT2D eigenvalue weighted by atomic mass is 15.2. The van der Waals surface area contributed by atoms with Crippen LogP contribution in [0.4, 0.5) is 5.82 Å². The molecule has 0 fully saturated rings. The summed E-state index contributed by atoms with van der Waals surface area (Å²) in [6.07, 6.45) is 3.62. The van der Waals surface area contributed by atoms with Gasteiger partial charge in [-0.15, -0.1) is 10.2 Å². The van der Waals surface area contributed by atoms with E-state index in [1.807, 2.05) is 50.3 Å². The fourth-order valence-corrected chi connectivity index (χ4v) is 1.41. The Morgan fingerprint density at radius 2 is 1.88 bits per heavy atom. The molecular formula is C12H14N4. The summed E-state index contributed by atoms with van der Waals surface area (Å²) in [7, 11) is 3.88. The predicted octanol–water partition coefficient (Wildman–Crippen LogP) is 1.91. The maximum absolute atomic E-state index is 4.18. The van der Waals surface area contributed by atoms with Crippen molar-refractivity contribution < 1.29 is 0 Å². The Balaban J connectivity index is 2.35. The van der Waals surface area contributed by atoms with Gasteiger partial charge in [0.05, 0.1) is 5.69 Å². The monoisotopic (exact) mass is 214 g/mol. The van der Waals surface area contributed by atoms with Crippen LogP contribution in [0.2, 0.25) is 0 Å². The lowest BCUT2D eigenvalue weighted by Crippen LogP contribution is -2.11. The maximum Gasteiger partial charge on any atom is 0.150 e. The molecule has 0 saturated carbocycles. The summed E-state index contributed by atoms with van der Waals surface area (Å²) in [5.41, 5.74) is 2.97. The molecule has 2 heterocycles. The zero-order chi connectivity index (χ0) is 11.5. The van der Waals surface area contributed by atoms with Crippen LogP contribution in [0.1, 0.15) is 5.56 Å². The standard InChI is InChI=1S/C12H14N4/c1-9-6-10(8-13-7-9)11-4-5-12(15-14-11)16(2)3/h4-8H,1-3H3. The summed E-state index contributed by atoms with van der Waals surface area (Å²) in [5, 5.41) is 8.31. The molecule has 0 amide bonds. The van der Waals surface area contributed by atoms with Crippen molar-refractivity contribution in [1.82, 2.24) is 15.2 Å². The summed E-state index contributed by atoms with van der Waals surface area (Å²) in [6, 6.07) is 5.95. The predicted molar refractivity (Wildman–Crippen MR) is 64.3 cm³/mol. The lowest BCUT2D eigenvalue weighted by Gasteiger charge is -2.10. The second kappa shape index (κ2) is 4.26. The third-order valence-corrected chi connectivity index (χ3v) is 2.28. The Morgan fingerprint density at radius 3 is 2.44 bits per heavy atom. The zero-order valence-electron chi connectivity index (χ0n) is 9.68.